The fourth-order valence-corrected chi connectivity index (χ4v) is 1.71. The number of hydrogen-bond donors (Lipinski definition) is 3. The number of carbonyl (C=O) groups is 2. The number of nitrogens with one attached hydrogen (secondary N) is 2. The second-order valence-electron chi connectivity index (χ2n) is 5.10. The number of amides is 2. The molecule has 20 heavy (non-hydrogen) atoms. The summed E-state index contributed by atoms with van der Waals surface area (Å²) in [7, 11) is 0. The van der Waals surface area contributed by atoms with Crippen LogP contribution in [0.3, 0.4) is 0 Å². The Kier molecular flexibility index (Phi) is 6.02. The van der Waals surface area contributed by atoms with Crippen molar-refractivity contribution in [2.24, 2.45) is 5.92 Å². The minimum atomic E-state index is -0.863. The molecule has 0 radical (unpaired) electrons. The molecule has 1 aromatic heterocycles. The molecular weight excluding hydrogens is 260 g/mol. The Morgan fingerprint density at radius 2 is 2.15 bits per heavy atom. The SMILES string of the molecule is Cc1c(NC(=O)NCCCC(=O)O)cnn1CC(C)C. The molecule has 0 aliphatic carbocycles. The van der Waals surface area contributed by atoms with Crippen LogP contribution in [0.1, 0.15) is 32.4 Å². The molecule has 0 saturated carbocycles. The van der Waals surface area contributed by atoms with Crippen LogP contribution in [0.2, 0.25) is 0 Å². The van der Waals surface area contributed by atoms with Crippen LogP contribution in [0, 0.1) is 12.8 Å². The van der Waals surface area contributed by atoms with Crippen molar-refractivity contribution in [1.29, 1.82) is 0 Å². The van der Waals surface area contributed by atoms with E-state index in [4.69, 9.17) is 5.11 Å². The van der Waals surface area contributed by atoms with Crippen molar-refractivity contribution < 1.29 is 14.7 Å². The number of aliphatic carboxylic acids is 1. The summed E-state index contributed by atoms with van der Waals surface area (Å²) in [6.45, 7) is 7.23. The van der Waals surface area contributed by atoms with E-state index in [1.54, 1.807) is 6.20 Å². The largest absolute Gasteiger partial charge is 0.481 e. The van der Waals surface area contributed by atoms with Gasteiger partial charge in [0.2, 0.25) is 0 Å². The van der Waals surface area contributed by atoms with E-state index in [0.29, 0.717) is 24.6 Å². The summed E-state index contributed by atoms with van der Waals surface area (Å²) in [5.41, 5.74) is 1.57. The molecular formula is C13H22N4O3. The van der Waals surface area contributed by atoms with Crippen LogP contribution >= 0.6 is 0 Å². The zero-order valence-corrected chi connectivity index (χ0v) is 12.1. The van der Waals surface area contributed by atoms with Crippen molar-refractivity contribution in [3.63, 3.8) is 0 Å². The molecule has 0 saturated heterocycles. The van der Waals surface area contributed by atoms with Gasteiger partial charge in [-0.1, -0.05) is 13.8 Å². The summed E-state index contributed by atoms with van der Waals surface area (Å²) >= 11 is 0. The molecule has 1 aromatic rings. The summed E-state index contributed by atoms with van der Waals surface area (Å²) in [5, 5.41) is 18.0. The third-order valence-corrected chi connectivity index (χ3v) is 2.74. The lowest BCUT2D eigenvalue weighted by molar-refractivity contribution is -0.137. The molecule has 0 unspecified atom stereocenters. The average Bonchev–Trinajstić information content (AvgIpc) is 2.66. The van der Waals surface area contributed by atoms with Gasteiger partial charge in [-0.2, -0.15) is 5.10 Å². The number of aromatic nitrogens is 2. The summed E-state index contributed by atoms with van der Waals surface area (Å²) in [4.78, 5) is 22.0. The maximum atomic E-state index is 11.6. The van der Waals surface area contributed by atoms with Gasteiger partial charge in [0.05, 0.1) is 17.6 Å². The zero-order chi connectivity index (χ0) is 15.1. The van der Waals surface area contributed by atoms with Crippen LogP contribution in [-0.4, -0.2) is 33.4 Å². The highest BCUT2D eigenvalue weighted by Crippen LogP contribution is 2.14. The van der Waals surface area contributed by atoms with E-state index >= 15 is 0 Å². The highest BCUT2D eigenvalue weighted by molar-refractivity contribution is 5.89. The number of carbonyl (C=O) groups excluding carboxylic acids is 1. The highest BCUT2D eigenvalue weighted by atomic mass is 16.4. The maximum absolute atomic E-state index is 11.6. The molecule has 112 valence electrons. The molecule has 0 bridgehead atoms. The fourth-order valence-electron chi connectivity index (χ4n) is 1.71. The third-order valence-electron chi connectivity index (χ3n) is 2.74. The minimum absolute atomic E-state index is 0.0473. The van der Waals surface area contributed by atoms with E-state index in [1.807, 2.05) is 11.6 Å². The topological polar surface area (TPSA) is 96.2 Å². The number of carboxylic acids is 1. The van der Waals surface area contributed by atoms with E-state index in [0.717, 1.165) is 12.2 Å². The standard InChI is InChI=1S/C13H22N4O3/c1-9(2)8-17-10(3)11(7-15-17)16-13(20)14-6-4-5-12(18)19/h7,9H,4-6,8H2,1-3H3,(H,18,19)(H2,14,16,20). The van der Waals surface area contributed by atoms with E-state index in [9.17, 15) is 9.59 Å². The van der Waals surface area contributed by atoms with E-state index in [2.05, 4.69) is 29.6 Å². The number of nitrogens with zero attached hydrogens (tertiary/aromatic N) is 2. The van der Waals surface area contributed by atoms with Crippen LogP contribution in [0.4, 0.5) is 10.5 Å². The smallest absolute Gasteiger partial charge is 0.319 e. The van der Waals surface area contributed by atoms with Crippen LogP contribution in [-0.2, 0) is 11.3 Å². The predicted molar refractivity (Wildman–Crippen MR) is 75.7 cm³/mol. The second-order valence-corrected chi connectivity index (χ2v) is 5.10. The van der Waals surface area contributed by atoms with Crippen molar-refractivity contribution >= 4 is 17.7 Å². The van der Waals surface area contributed by atoms with Gasteiger partial charge in [-0.05, 0) is 19.3 Å². The predicted octanol–water partition coefficient (Wildman–Crippen LogP) is 1.83. The Hall–Kier alpha value is -2.05. The van der Waals surface area contributed by atoms with Crippen LogP contribution in [0.5, 0.6) is 0 Å². The molecule has 3 N–H and O–H groups in total. The van der Waals surface area contributed by atoms with Crippen LogP contribution in [0.15, 0.2) is 6.20 Å². The molecule has 0 aromatic carbocycles. The molecule has 1 heterocycles. The third kappa shape index (κ3) is 5.29. The number of rotatable bonds is 7. The summed E-state index contributed by atoms with van der Waals surface area (Å²) in [5.74, 6) is -0.385. The Balaban J connectivity index is 2.42. The Morgan fingerprint density at radius 3 is 2.75 bits per heavy atom. The molecule has 0 aliphatic rings. The molecule has 0 atom stereocenters. The Bertz CT molecular complexity index is 468. The number of urea groups is 1. The Labute approximate surface area is 118 Å². The number of hydrogen-bond acceptors (Lipinski definition) is 3. The second kappa shape index (κ2) is 7.52. The summed E-state index contributed by atoms with van der Waals surface area (Å²) in [6, 6.07) is -0.345. The zero-order valence-electron chi connectivity index (χ0n) is 12.1. The lowest BCUT2D eigenvalue weighted by Gasteiger charge is -2.09. The van der Waals surface area contributed by atoms with Gasteiger partial charge in [-0.3, -0.25) is 9.48 Å². The first kappa shape index (κ1) is 16.0. The molecule has 0 aliphatic heterocycles. The normalized spacial score (nSPS) is 10.6. The highest BCUT2D eigenvalue weighted by Gasteiger charge is 2.10. The molecule has 0 fully saturated rings. The first-order valence-corrected chi connectivity index (χ1v) is 6.69. The average molecular weight is 282 g/mol. The minimum Gasteiger partial charge on any atom is -0.481 e. The van der Waals surface area contributed by atoms with E-state index < -0.39 is 5.97 Å². The van der Waals surface area contributed by atoms with Crippen LogP contribution in [0.25, 0.3) is 0 Å². The van der Waals surface area contributed by atoms with Gasteiger partial charge in [0.25, 0.3) is 0 Å². The first-order chi connectivity index (χ1) is 9.40. The van der Waals surface area contributed by atoms with Gasteiger partial charge in [-0.25, -0.2) is 4.79 Å². The van der Waals surface area contributed by atoms with Crippen molar-refractivity contribution in [1.82, 2.24) is 15.1 Å². The van der Waals surface area contributed by atoms with E-state index in [1.165, 1.54) is 0 Å². The maximum Gasteiger partial charge on any atom is 0.319 e. The monoisotopic (exact) mass is 282 g/mol. The number of carboxylic acid groups (broad SMARTS) is 1. The molecule has 7 heteroatoms. The molecule has 0 spiro atoms. The molecule has 7 nitrogen and oxygen atoms in total. The summed E-state index contributed by atoms with van der Waals surface area (Å²) < 4.78 is 1.85. The van der Waals surface area contributed by atoms with Gasteiger partial charge in [-0.15, -0.1) is 0 Å². The van der Waals surface area contributed by atoms with E-state index in [-0.39, 0.29) is 12.5 Å². The number of anilines is 1. The Morgan fingerprint density at radius 1 is 1.45 bits per heavy atom. The van der Waals surface area contributed by atoms with Crippen molar-refractivity contribution in [2.45, 2.75) is 40.2 Å². The molecule has 1 rings (SSSR count). The lowest BCUT2D eigenvalue weighted by atomic mass is 10.2. The van der Waals surface area contributed by atoms with Gasteiger partial charge in [0.15, 0.2) is 0 Å². The summed E-state index contributed by atoms with van der Waals surface area (Å²) in [6.07, 6.45) is 2.08. The first-order valence-electron chi connectivity index (χ1n) is 6.69. The van der Waals surface area contributed by atoms with Gasteiger partial charge in [0, 0.05) is 19.5 Å². The van der Waals surface area contributed by atoms with Crippen LogP contribution < -0.4 is 10.6 Å². The van der Waals surface area contributed by atoms with Gasteiger partial charge < -0.3 is 15.7 Å². The van der Waals surface area contributed by atoms with Crippen molar-refractivity contribution in [2.75, 3.05) is 11.9 Å². The van der Waals surface area contributed by atoms with Gasteiger partial charge in [0.1, 0.15) is 0 Å². The fraction of sp³-hybridized carbons (Fsp3) is 0.615. The quantitative estimate of drug-likeness (QED) is 0.665. The lowest BCUT2D eigenvalue weighted by Crippen LogP contribution is -2.30. The van der Waals surface area contributed by atoms with Crippen molar-refractivity contribution in [3.05, 3.63) is 11.9 Å². The van der Waals surface area contributed by atoms with Gasteiger partial charge >= 0.3 is 12.0 Å². The molecule has 2 amide bonds. The van der Waals surface area contributed by atoms with Crippen molar-refractivity contribution in [3.8, 4) is 0 Å².